The minimum absolute atomic E-state index is 0.00181. The van der Waals surface area contributed by atoms with Crippen LogP contribution in [0.1, 0.15) is 21.9 Å². The van der Waals surface area contributed by atoms with E-state index in [-0.39, 0.29) is 11.5 Å². The van der Waals surface area contributed by atoms with Gasteiger partial charge in [-0.25, -0.2) is 0 Å². The number of nitrogens with one attached hydrogen (secondary N) is 2. The Bertz CT molecular complexity index is 944. The van der Waals surface area contributed by atoms with Gasteiger partial charge in [0.2, 0.25) is 0 Å². The van der Waals surface area contributed by atoms with Crippen molar-refractivity contribution in [1.82, 2.24) is 5.32 Å². The molecule has 0 saturated carbocycles. The van der Waals surface area contributed by atoms with E-state index in [1.54, 1.807) is 36.4 Å². The first kappa shape index (κ1) is 17.6. The van der Waals surface area contributed by atoms with Gasteiger partial charge >= 0.3 is 0 Å². The summed E-state index contributed by atoms with van der Waals surface area (Å²) in [7, 11) is 0. The Balaban J connectivity index is 1.83. The summed E-state index contributed by atoms with van der Waals surface area (Å²) in [6.07, 6.45) is 4.26. The highest BCUT2D eigenvalue weighted by Crippen LogP contribution is 2.20. The summed E-state index contributed by atoms with van der Waals surface area (Å²) >= 11 is 6.08. The van der Waals surface area contributed by atoms with Crippen molar-refractivity contribution < 1.29 is 18.4 Å². The number of halogens is 1. The molecule has 7 heteroatoms. The maximum atomic E-state index is 12.6. The van der Waals surface area contributed by atoms with Crippen LogP contribution in [0.4, 0.5) is 5.69 Å². The molecule has 132 valence electrons. The standard InChI is InChI=1S/C19H15ClN2O4/c1-12-6-7-13(10-15(12)20)21-18(23)16(11-14-4-2-8-25-14)22-19(24)17-5-3-9-26-17/h2-11H,1H3,(H,21,23)(H,22,24)/b16-11-. The van der Waals surface area contributed by atoms with Crippen molar-refractivity contribution in [2.24, 2.45) is 0 Å². The summed E-state index contributed by atoms with van der Waals surface area (Å²) in [5.41, 5.74) is 1.39. The van der Waals surface area contributed by atoms with Crippen LogP contribution in [0.2, 0.25) is 5.02 Å². The van der Waals surface area contributed by atoms with Crippen molar-refractivity contribution in [3.8, 4) is 0 Å². The molecule has 0 radical (unpaired) electrons. The molecule has 2 heterocycles. The van der Waals surface area contributed by atoms with Crippen molar-refractivity contribution in [3.05, 3.63) is 82.8 Å². The van der Waals surface area contributed by atoms with Crippen molar-refractivity contribution in [1.29, 1.82) is 0 Å². The van der Waals surface area contributed by atoms with Gasteiger partial charge in [-0.2, -0.15) is 0 Å². The van der Waals surface area contributed by atoms with E-state index in [1.807, 2.05) is 6.92 Å². The molecule has 6 nitrogen and oxygen atoms in total. The summed E-state index contributed by atoms with van der Waals surface area (Å²) in [4.78, 5) is 24.9. The third kappa shape index (κ3) is 4.23. The topological polar surface area (TPSA) is 84.5 Å². The highest BCUT2D eigenvalue weighted by Gasteiger charge is 2.17. The minimum Gasteiger partial charge on any atom is -0.465 e. The van der Waals surface area contributed by atoms with Gasteiger partial charge in [0.15, 0.2) is 5.76 Å². The second-order valence-electron chi connectivity index (χ2n) is 5.42. The fourth-order valence-electron chi connectivity index (χ4n) is 2.13. The molecule has 0 bridgehead atoms. The van der Waals surface area contributed by atoms with E-state index in [2.05, 4.69) is 10.6 Å². The quantitative estimate of drug-likeness (QED) is 0.658. The van der Waals surface area contributed by atoms with Crippen LogP contribution >= 0.6 is 11.6 Å². The largest absolute Gasteiger partial charge is 0.465 e. The van der Waals surface area contributed by atoms with Crippen LogP contribution in [-0.4, -0.2) is 11.8 Å². The van der Waals surface area contributed by atoms with Crippen LogP contribution in [0, 0.1) is 6.92 Å². The van der Waals surface area contributed by atoms with Crippen molar-refractivity contribution in [2.45, 2.75) is 6.92 Å². The molecule has 0 fully saturated rings. The fourth-order valence-corrected chi connectivity index (χ4v) is 2.32. The maximum Gasteiger partial charge on any atom is 0.291 e. The smallest absolute Gasteiger partial charge is 0.291 e. The first-order valence-corrected chi connectivity index (χ1v) is 8.08. The molecular formula is C19H15ClN2O4. The number of hydrogen-bond donors (Lipinski definition) is 2. The Labute approximate surface area is 154 Å². The summed E-state index contributed by atoms with van der Waals surface area (Å²) < 4.78 is 10.3. The van der Waals surface area contributed by atoms with Gasteiger partial charge in [0, 0.05) is 16.8 Å². The van der Waals surface area contributed by atoms with Gasteiger partial charge < -0.3 is 19.5 Å². The normalized spacial score (nSPS) is 11.2. The number of furan rings is 2. The third-order valence-electron chi connectivity index (χ3n) is 3.50. The molecule has 0 aliphatic heterocycles. The molecule has 2 aromatic heterocycles. The average molecular weight is 371 g/mol. The molecule has 3 rings (SSSR count). The molecule has 0 aliphatic rings. The predicted octanol–water partition coefficient (Wildman–Crippen LogP) is 4.24. The fraction of sp³-hybridized carbons (Fsp3) is 0.0526. The Kier molecular flexibility index (Phi) is 5.24. The average Bonchev–Trinajstić information content (AvgIpc) is 3.31. The summed E-state index contributed by atoms with van der Waals surface area (Å²) in [6, 6.07) is 11.6. The van der Waals surface area contributed by atoms with Gasteiger partial charge in [0.1, 0.15) is 11.5 Å². The Morgan fingerprint density at radius 2 is 1.85 bits per heavy atom. The highest BCUT2D eigenvalue weighted by atomic mass is 35.5. The predicted molar refractivity (Wildman–Crippen MR) is 97.7 cm³/mol. The minimum atomic E-state index is -0.551. The zero-order valence-corrected chi connectivity index (χ0v) is 14.5. The second kappa shape index (κ2) is 7.76. The second-order valence-corrected chi connectivity index (χ2v) is 5.83. The molecule has 0 spiro atoms. The van der Waals surface area contributed by atoms with Crippen LogP contribution in [0.3, 0.4) is 0 Å². The van der Waals surface area contributed by atoms with Gasteiger partial charge in [0.25, 0.3) is 11.8 Å². The Morgan fingerprint density at radius 1 is 1.08 bits per heavy atom. The number of carbonyl (C=O) groups is 2. The number of benzene rings is 1. The van der Waals surface area contributed by atoms with Crippen LogP contribution in [0.5, 0.6) is 0 Å². The van der Waals surface area contributed by atoms with E-state index in [4.69, 9.17) is 20.4 Å². The maximum absolute atomic E-state index is 12.6. The Morgan fingerprint density at radius 3 is 2.50 bits per heavy atom. The van der Waals surface area contributed by atoms with Gasteiger partial charge in [0.05, 0.1) is 12.5 Å². The molecule has 0 unspecified atom stereocenters. The van der Waals surface area contributed by atoms with Crippen molar-refractivity contribution in [3.63, 3.8) is 0 Å². The van der Waals surface area contributed by atoms with E-state index in [0.29, 0.717) is 16.5 Å². The van der Waals surface area contributed by atoms with E-state index in [9.17, 15) is 9.59 Å². The molecule has 26 heavy (non-hydrogen) atoms. The van der Waals surface area contributed by atoms with Crippen molar-refractivity contribution in [2.75, 3.05) is 5.32 Å². The summed E-state index contributed by atoms with van der Waals surface area (Å²) in [6.45, 7) is 1.86. The van der Waals surface area contributed by atoms with E-state index < -0.39 is 11.8 Å². The van der Waals surface area contributed by atoms with Gasteiger partial charge in [-0.05, 0) is 48.9 Å². The van der Waals surface area contributed by atoms with Crippen LogP contribution in [0.25, 0.3) is 6.08 Å². The van der Waals surface area contributed by atoms with Gasteiger partial charge in [-0.1, -0.05) is 17.7 Å². The lowest BCUT2D eigenvalue weighted by Gasteiger charge is -2.10. The molecule has 1 aromatic carbocycles. The number of amides is 2. The summed E-state index contributed by atoms with van der Waals surface area (Å²) in [5.74, 6) is -0.579. The van der Waals surface area contributed by atoms with E-state index in [0.717, 1.165) is 5.56 Å². The lowest BCUT2D eigenvalue weighted by molar-refractivity contribution is -0.113. The molecule has 0 atom stereocenters. The monoisotopic (exact) mass is 370 g/mol. The lowest BCUT2D eigenvalue weighted by Crippen LogP contribution is -2.30. The molecular weight excluding hydrogens is 356 g/mol. The first-order chi connectivity index (χ1) is 12.5. The highest BCUT2D eigenvalue weighted by molar-refractivity contribution is 6.31. The van der Waals surface area contributed by atoms with E-state index >= 15 is 0 Å². The third-order valence-corrected chi connectivity index (χ3v) is 3.90. The molecule has 3 aromatic rings. The molecule has 0 aliphatic carbocycles. The molecule has 0 saturated heterocycles. The number of aryl methyl sites for hydroxylation is 1. The van der Waals surface area contributed by atoms with Crippen molar-refractivity contribution >= 4 is 35.2 Å². The SMILES string of the molecule is Cc1ccc(NC(=O)/C(=C/c2ccco2)NC(=O)c2ccco2)cc1Cl. The molecule has 2 N–H and O–H groups in total. The number of hydrogen-bond acceptors (Lipinski definition) is 4. The zero-order chi connectivity index (χ0) is 18.5. The van der Waals surface area contributed by atoms with Gasteiger partial charge in [-0.15, -0.1) is 0 Å². The van der Waals surface area contributed by atoms with Crippen LogP contribution < -0.4 is 10.6 Å². The number of rotatable bonds is 5. The van der Waals surface area contributed by atoms with E-state index in [1.165, 1.54) is 24.7 Å². The zero-order valence-electron chi connectivity index (χ0n) is 13.8. The first-order valence-electron chi connectivity index (χ1n) is 7.70. The molecule has 2 amide bonds. The van der Waals surface area contributed by atoms with Crippen LogP contribution in [-0.2, 0) is 4.79 Å². The van der Waals surface area contributed by atoms with Crippen LogP contribution in [0.15, 0.2) is 69.5 Å². The number of anilines is 1. The number of carbonyl (C=O) groups excluding carboxylic acids is 2. The van der Waals surface area contributed by atoms with Gasteiger partial charge in [-0.3, -0.25) is 9.59 Å². The summed E-state index contributed by atoms with van der Waals surface area (Å²) in [5, 5.41) is 5.75. The Hall–Kier alpha value is -3.25. The lowest BCUT2D eigenvalue weighted by atomic mass is 10.2.